The Morgan fingerprint density at radius 2 is 1.90 bits per heavy atom. The summed E-state index contributed by atoms with van der Waals surface area (Å²) in [5, 5.41) is 8.82. The molecule has 7 heteroatoms. The second-order valence-electron chi connectivity index (χ2n) is 6.22. The van der Waals surface area contributed by atoms with E-state index in [-0.39, 0.29) is 5.91 Å². The quantitative estimate of drug-likeness (QED) is 0.393. The summed E-state index contributed by atoms with van der Waals surface area (Å²) in [5.74, 6) is 0.456. The van der Waals surface area contributed by atoms with E-state index >= 15 is 0 Å². The van der Waals surface area contributed by atoms with Gasteiger partial charge in [0.05, 0.1) is 19.0 Å². The minimum absolute atomic E-state index is 0.312. The maximum absolute atomic E-state index is 12.1. The van der Waals surface area contributed by atoms with Crippen LogP contribution in [0.15, 0.2) is 84.2 Å². The number of hydrazone groups is 1. The zero-order chi connectivity index (χ0) is 20.1. The number of rotatable bonds is 6. The highest BCUT2D eigenvalue weighted by molar-refractivity contribution is 5.94. The Morgan fingerprint density at radius 3 is 2.59 bits per heavy atom. The minimum Gasteiger partial charge on any atom is -0.497 e. The number of aromatic amines is 1. The number of nitrogens with one attached hydrogen (secondary N) is 2. The Kier molecular flexibility index (Phi) is 5.20. The van der Waals surface area contributed by atoms with Gasteiger partial charge in [-0.1, -0.05) is 18.2 Å². The van der Waals surface area contributed by atoms with E-state index in [0.29, 0.717) is 5.69 Å². The van der Waals surface area contributed by atoms with Gasteiger partial charge in [0.1, 0.15) is 17.1 Å². The van der Waals surface area contributed by atoms with Crippen molar-refractivity contribution in [3.63, 3.8) is 0 Å². The molecule has 0 fully saturated rings. The van der Waals surface area contributed by atoms with Gasteiger partial charge in [-0.3, -0.25) is 4.79 Å². The van der Waals surface area contributed by atoms with E-state index in [0.717, 1.165) is 28.3 Å². The summed E-state index contributed by atoms with van der Waals surface area (Å²) < 4.78 is 7.02. The van der Waals surface area contributed by atoms with Crippen LogP contribution < -0.4 is 10.2 Å². The molecule has 2 heterocycles. The van der Waals surface area contributed by atoms with Crippen molar-refractivity contribution in [2.75, 3.05) is 7.11 Å². The number of aromatic nitrogens is 3. The fourth-order valence-electron chi connectivity index (χ4n) is 2.86. The normalized spacial score (nSPS) is 10.9. The molecular weight excluding hydrogens is 366 g/mol. The maximum atomic E-state index is 12.1. The van der Waals surface area contributed by atoms with Gasteiger partial charge in [-0.2, -0.15) is 10.2 Å². The molecule has 0 bridgehead atoms. The van der Waals surface area contributed by atoms with Gasteiger partial charge < -0.3 is 9.72 Å². The van der Waals surface area contributed by atoms with Crippen LogP contribution in [0.4, 0.5) is 0 Å². The maximum Gasteiger partial charge on any atom is 0.287 e. The van der Waals surface area contributed by atoms with E-state index in [2.05, 4.69) is 15.5 Å². The number of hydrogen-bond donors (Lipinski definition) is 2. The second kappa shape index (κ2) is 8.26. The monoisotopic (exact) mass is 385 g/mol. The number of amides is 1. The van der Waals surface area contributed by atoms with Crippen LogP contribution in [0.3, 0.4) is 0 Å². The first-order valence-electron chi connectivity index (χ1n) is 9.01. The number of carbonyl (C=O) groups is 1. The summed E-state index contributed by atoms with van der Waals surface area (Å²) in [7, 11) is 1.63. The Balaban J connectivity index is 1.65. The van der Waals surface area contributed by atoms with Crippen LogP contribution in [0.2, 0.25) is 0 Å². The topological polar surface area (TPSA) is 84.3 Å². The molecule has 2 N–H and O–H groups in total. The molecular formula is C22H19N5O2. The molecule has 2 aromatic heterocycles. The van der Waals surface area contributed by atoms with Gasteiger partial charge in [0.25, 0.3) is 5.91 Å². The lowest BCUT2D eigenvalue weighted by Crippen LogP contribution is -2.17. The lowest BCUT2D eigenvalue weighted by atomic mass is 10.1. The van der Waals surface area contributed by atoms with Crippen molar-refractivity contribution in [2.45, 2.75) is 0 Å². The van der Waals surface area contributed by atoms with Gasteiger partial charge in [-0.25, -0.2) is 10.1 Å². The Morgan fingerprint density at radius 1 is 1.10 bits per heavy atom. The first kappa shape index (κ1) is 18.2. The smallest absolute Gasteiger partial charge is 0.287 e. The van der Waals surface area contributed by atoms with Gasteiger partial charge in [-0.05, 0) is 48.5 Å². The van der Waals surface area contributed by atoms with Crippen molar-refractivity contribution < 1.29 is 9.53 Å². The van der Waals surface area contributed by atoms with Crippen LogP contribution in [0, 0.1) is 0 Å². The lowest BCUT2D eigenvalue weighted by Gasteiger charge is -2.02. The molecule has 0 saturated heterocycles. The predicted octanol–water partition coefficient (Wildman–Crippen LogP) is 3.64. The summed E-state index contributed by atoms with van der Waals surface area (Å²) in [6, 6.07) is 20.9. The van der Waals surface area contributed by atoms with E-state index in [1.807, 2.05) is 60.8 Å². The van der Waals surface area contributed by atoms with Crippen molar-refractivity contribution >= 4 is 12.1 Å². The molecule has 0 aliphatic rings. The molecule has 0 atom stereocenters. The Labute approximate surface area is 167 Å². The summed E-state index contributed by atoms with van der Waals surface area (Å²) >= 11 is 0. The molecule has 0 saturated carbocycles. The number of benzene rings is 2. The van der Waals surface area contributed by atoms with Crippen molar-refractivity contribution in [3.05, 3.63) is 90.4 Å². The second-order valence-corrected chi connectivity index (χ2v) is 6.22. The number of methoxy groups -OCH3 is 1. The van der Waals surface area contributed by atoms with Gasteiger partial charge >= 0.3 is 0 Å². The van der Waals surface area contributed by atoms with Crippen LogP contribution in [0.5, 0.6) is 5.75 Å². The molecule has 144 valence electrons. The van der Waals surface area contributed by atoms with Gasteiger partial charge in [0, 0.05) is 23.5 Å². The molecule has 4 aromatic rings. The fourth-order valence-corrected chi connectivity index (χ4v) is 2.86. The van der Waals surface area contributed by atoms with Crippen molar-refractivity contribution in [2.24, 2.45) is 5.10 Å². The van der Waals surface area contributed by atoms with Gasteiger partial charge in [0.15, 0.2) is 0 Å². The summed E-state index contributed by atoms with van der Waals surface area (Å²) in [6.07, 6.45) is 5.15. The zero-order valence-corrected chi connectivity index (χ0v) is 15.7. The minimum atomic E-state index is -0.312. The van der Waals surface area contributed by atoms with Gasteiger partial charge in [-0.15, -0.1) is 0 Å². The summed E-state index contributed by atoms with van der Waals surface area (Å²) in [5.41, 5.74) is 6.32. The molecule has 7 nitrogen and oxygen atoms in total. The van der Waals surface area contributed by atoms with E-state index in [4.69, 9.17) is 9.84 Å². The predicted molar refractivity (Wildman–Crippen MR) is 111 cm³/mol. The number of nitrogens with zero attached hydrogens (tertiary/aromatic N) is 3. The van der Waals surface area contributed by atoms with Crippen LogP contribution in [0.25, 0.3) is 16.9 Å². The Hall–Kier alpha value is -4.13. The van der Waals surface area contributed by atoms with E-state index in [1.165, 1.54) is 0 Å². The summed E-state index contributed by atoms with van der Waals surface area (Å²) in [6.45, 7) is 0. The third-order valence-electron chi connectivity index (χ3n) is 4.34. The van der Waals surface area contributed by atoms with Crippen molar-refractivity contribution in [3.8, 4) is 22.7 Å². The van der Waals surface area contributed by atoms with Crippen LogP contribution in [0.1, 0.15) is 16.1 Å². The number of H-pyrrole nitrogens is 1. The molecule has 0 unspecified atom stereocenters. The lowest BCUT2D eigenvalue weighted by molar-refractivity contribution is 0.0951. The average molecular weight is 385 g/mol. The number of ether oxygens (including phenoxy) is 1. The number of hydrogen-bond acceptors (Lipinski definition) is 4. The van der Waals surface area contributed by atoms with Gasteiger partial charge in [0.2, 0.25) is 0 Å². The third kappa shape index (κ3) is 4.08. The first-order chi connectivity index (χ1) is 14.2. The van der Waals surface area contributed by atoms with E-state index < -0.39 is 0 Å². The van der Waals surface area contributed by atoms with E-state index in [9.17, 15) is 4.79 Å². The van der Waals surface area contributed by atoms with Crippen LogP contribution >= 0.6 is 0 Å². The SMILES string of the molecule is COc1ccc(-c2nn(-c3ccccc3)cc2/C=N\NC(=O)c2ccc[nH]2)cc1. The summed E-state index contributed by atoms with van der Waals surface area (Å²) in [4.78, 5) is 14.9. The number of carbonyl (C=O) groups excluding carboxylic acids is 1. The van der Waals surface area contributed by atoms with Crippen molar-refractivity contribution in [1.29, 1.82) is 0 Å². The van der Waals surface area contributed by atoms with Crippen LogP contribution in [-0.4, -0.2) is 34.0 Å². The molecule has 0 spiro atoms. The standard InChI is InChI=1S/C22H19N5O2/c1-29-19-11-9-16(10-12-19)21-17(14-24-25-22(28)20-8-5-13-23-20)15-27(26-21)18-6-3-2-4-7-18/h2-15,23H,1H3,(H,25,28)/b24-14-. The number of para-hydroxylation sites is 1. The fraction of sp³-hybridized carbons (Fsp3) is 0.0455. The average Bonchev–Trinajstić information content (AvgIpc) is 3.45. The highest BCUT2D eigenvalue weighted by Gasteiger charge is 2.12. The largest absolute Gasteiger partial charge is 0.497 e. The third-order valence-corrected chi connectivity index (χ3v) is 4.34. The van der Waals surface area contributed by atoms with Crippen LogP contribution in [-0.2, 0) is 0 Å². The highest BCUT2D eigenvalue weighted by Crippen LogP contribution is 2.25. The molecule has 0 aliphatic heterocycles. The molecule has 1 amide bonds. The van der Waals surface area contributed by atoms with Crippen molar-refractivity contribution in [1.82, 2.24) is 20.2 Å². The molecule has 29 heavy (non-hydrogen) atoms. The molecule has 0 aliphatic carbocycles. The first-order valence-corrected chi connectivity index (χ1v) is 9.01. The molecule has 2 aromatic carbocycles. The zero-order valence-electron chi connectivity index (χ0n) is 15.7. The Bertz CT molecular complexity index is 1110. The van der Waals surface area contributed by atoms with E-state index in [1.54, 1.807) is 36.3 Å². The molecule has 4 rings (SSSR count). The molecule has 0 radical (unpaired) electrons. The highest BCUT2D eigenvalue weighted by atomic mass is 16.5.